The molecule has 1 N–H and O–H groups in total. The topological polar surface area (TPSA) is 89.8 Å². The van der Waals surface area contributed by atoms with Crippen LogP contribution in [0, 0.1) is 0 Å². The third-order valence-electron chi connectivity index (χ3n) is 3.93. The number of nitrogens with one attached hydrogen (secondary N) is 1. The SMILES string of the molecule is CC(=O)c1ccc(NC(=O)C(C)SCc2nnnn2-c2ccccc2)cc1. The molecule has 1 amide bonds. The van der Waals surface area contributed by atoms with Crippen LogP contribution in [0.15, 0.2) is 54.6 Å². The highest BCUT2D eigenvalue weighted by Gasteiger charge is 2.16. The Morgan fingerprint density at radius 2 is 1.81 bits per heavy atom. The van der Waals surface area contributed by atoms with E-state index in [0.717, 1.165) is 5.69 Å². The molecular weight excluding hydrogens is 362 g/mol. The van der Waals surface area contributed by atoms with Crippen molar-refractivity contribution in [3.63, 3.8) is 0 Å². The summed E-state index contributed by atoms with van der Waals surface area (Å²) in [4.78, 5) is 23.7. The summed E-state index contributed by atoms with van der Waals surface area (Å²) in [6.45, 7) is 3.34. The van der Waals surface area contributed by atoms with Gasteiger partial charge in [0.1, 0.15) is 0 Å². The highest BCUT2D eigenvalue weighted by Crippen LogP contribution is 2.20. The number of rotatable bonds is 7. The van der Waals surface area contributed by atoms with Crippen molar-refractivity contribution in [2.24, 2.45) is 0 Å². The van der Waals surface area contributed by atoms with Gasteiger partial charge in [0.05, 0.1) is 16.7 Å². The fourth-order valence-electron chi connectivity index (χ4n) is 2.37. The molecule has 3 rings (SSSR count). The largest absolute Gasteiger partial charge is 0.325 e. The maximum absolute atomic E-state index is 12.4. The molecule has 3 aromatic rings. The number of para-hydroxylation sites is 1. The molecule has 27 heavy (non-hydrogen) atoms. The number of ketones is 1. The molecule has 1 heterocycles. The monoisotopic (exact) mass is 381 g/mol. The lowest BCUT2D eigenvalue weighted by Gasteiger charge is -2.12. The molecule has 0 aliphatic rings. The van der Waals surface area contributed by atoms with E-state index in [1.807, 2.05) is 37.3 Å². The van der Waals surface area contributed by atoms with Crippen LogP contribution in [-0.2, 0) is 10.5 Å². The van der Waals surface area contributed by atoms with E-state index >= 15 is 0 Å². The van der Waals surface area contributed by atoms with E-state index in [1.165, 1.54) is 18.7 Å². The first-order valence-corrected chi connectivity index (χ1v) is 9.45. The van der Waals surface area contributed by atoms with Crippen LogP contribution in [0.1, 0.15) is 30.0 Å². The summed E-state index contributed by atoms with van der Waals surface area (Å²) in [5.41, 5.74) is 2.15. The molecule has 1 atom stereocenters. The van der Waals surface area contributed by atoms with E-state index in [1.54, 1.807) is 28.9 Å². The molecule has 7 nitrogen and oxygen atoms in total. The Kier molecular flexibility index (Phi) is 5.97. The summed E-state index contributed by atoms with van der Waals surface area (Å²) in [5.74, 6) is 1.05. The molecule has 0 bridgehead atoms. The van der Waals surface area contributed by atoms with Crippen LogP contribution in [0.2, 0.25) is 0 Å². The average molecular weight is 381 g/mol. The lowest BCUT2D eigenvalue weighted by Crippen LogP contribution is -2.22. The fraction of sp³-hybridized carbons (Fsp3) is 0.211. The number of tetrazole rings is 1. The molecular formula is C19H19N5O2S. The van der Waals surface area contributed by atoms with Crippen LogP contribution in [0.5, 0.6) is 0 Å². The van der Waals surface area contributed by atoms with Gasteiger partial charge in [0.2, 0.25) is 5.91 Å². The third-order valence-corrected chi connectivity index (χ3v) is 5.06. The summed E-state index contributed by atoms with van der Waals surface area (Å²) < 4.78 is 1.66. The number of anilines is 1. The lowest BCUT2D eigenvalue weighted by molar-refractivity contribution is -0.115. The average Bonchev–Trinajstić information content (AvgIpc) is 3.15. The van der Waals surface area contributed by atoms with Crippen LogP contribution in [0.3, 0.4) is 0 Å². The van der Waals surface area contributed by atoms with E-state index in [9.17, 15) is 9.59 Å². The summed E-state index contributed by atoms with van der Waals surface area (Å²) in [5, 5.41) is 14.4. The predicted molar refractivity (Wildman–Crippen MR) is 105 cm³/mol. The van der Waals surface area contributed by atoms with Gasteiger partial charge in [-0.2, -0.15) is 4.68 Å². The number of thioether (sulfide) groups is 1. The highest BCUT2D eigenvalue weighted by atomic mass is 32.2. The van der Waals surface area contributed by atoms with Gasteiger partial charge in [-0.1, -0.05) is 18.2 Å². The molecule has 0 aliphatic carbocycles. The van der Waals surface area contributed by atoms with Crippen LogP contribution in [0.4, 0.5) is 5.69 Å². The minimum absolute atomic E-state index is 0.00654. The first-order valence-electron chi connectivity index (χ1n) is 8.41. The van der Waals surface area contributed by atoms with Gasteiger partial charge in [-0.3, -0.25) is 9.59 Å². The van der Waals surface area contributed by atoms with Gasteiger partial charge >= 0.3 is 0 Å². The number of hydrogen-bond donors (Lipinski definition) is 1. The molecule has 1 unspecified atom stereocenters. The van der Waals surface area contributed by atoms with Gasteiger partial charge in [0.15, 0.2) is 11.6 Å². The molecule has 138 valence electrons. The molecule has 0 aliphatic heterocycles. The van der Waals surface area contributed by atoms with Crippen molar-refractivity contribution in [1.29, 1.82) is 0 Å². The number of aromatic nitrogens is 4. The van der Waals surface area contributed by atoms with Crippen molar-refractivity contribution in [1.82, 2.24) is 20.2 Å². The first kappa shape index (κ1) is 18.8. The maximum Gasteiger partial charge on any atom is 0.237 e. The number of benzene rings is 2. The first-order chi connectivity index (χ1) is 13.0. The van der Waals surface area contributed by atoms with E-state index in [2.05, 4.69) is 20.8 Å². The van der Waals surface area contributed by atoms with Gasteiger partial charge in [0, 0.05) is 11.3 Å². The molecule has 1 aromatic heterocycles. The summed E-state index contributed by atoms with van der Waals surface area (Å²) in [6.07, 6.45) is 0. The van der Waals surface area contributed by atoms with Gasteiger partial charge in [0.25, 0.3) is 0 Å². The van der Waals surface area contributed by atoms with Crippen molar-refractivity contribution < 1.29 is 9.59 Å². The molecule has 0 spiro atoms. The van der Waals surface area contributed by atoms with E-state index in [0.29, 0.717) is 22.8 Å². The van der Waals surface area contributed by atoms with Crippen LogP contribution >= 0.6 is 11.8 Å². The summed E-state index contributed by atoms with van der Waals surface area (Å²) in [7, 11) is 0. The number of hydrogen-bond acceptors (Lipinski definition) is 6. The molecule has 0 saturated carbocycles. The van der Waals surface area contributed by atoms with Crippen molar-refractivity contribution >= 4 is 29.1 Å². The Labute approximate surface area is 161 Å². The zero-order valence-electron chi connectivity index (χ0n) is 15.0. The zero-order chi connectivity index (χ0) is 19.2. The number of carbonyl (C=O) groups excluding carboxylic acids is 2. The molecule has 0 fully saturated rings. The highest BCUT2D eigenvalue weighted by molar-refractivity contribution is 7.99. The zero-order valence-corrected chi connectivity index (χ0v) is 15.8. The van der Waals surface area contributed by atoms with E-state index < -0.39 is 0 Å². The Morgan fingerprint density at radius 1 is 1.11 bits per heavy atom. The van der Waals surface area contributed by atoms with Crippen molar-refractivity contribution in [3.05, 3.63) is 66.0 Å². The standard InChI is InChI=1S/C19H19N5O2S/c1-13(25)15-8-10-16(11-9-15)20-19(26)14(2)27-12-18-21-22-23-24(18)17-6-4-3-5-7-17/h3-11,14H,12H2,1-2H3,(H,20,26). The summed E-state index contributed by atoms with van der Waals surface area (Å²) >= 11 is 1.45. The number of Topliss-reactive ketones (excluding diaryl/α,β-unsaturated/α-hetero) is 1. The van der Waals surface area contributed by atoms with Crippen LogP contribution in [-0.4, -0.2) is 37.1 Å². The Hall–Kier alpha value is -3.00. The van der Waals surface area contributed by atoms with Gasteiger partial charge in [-0.25, -0.2) is 0 Å². The molecule has 8 heteroatoms. The quantitative estimate of drug-likeness (QED) is 0.633. The van der Waals surface area contributed by atoms with Crippen molar-refractivity contribution in [2.75, 3.05) is 5.32 Å². The Bertz CT molecular complexity index is 925. The van der Waals surface area contributed by atoms with E-state index in [4.69, 9.17) is 0 Å². The van der Waals surface area contributed by atoms with Gasteiger partial charge in [-0.05, 0) is 60.7 Å². The second kappa shape index (κ2) is 8.59. The van der Waals surface area contributed by atoms with Gasteiger partial charge < -0.3 is 5.32 Å². The second-order valence-corrected chi connectivity index (χ2v) is 7.25. The Balaban J connectivity index is 1.58. The van der Waals surface area contributed by atoms with Crippen LogP contribution in [0.25, 0.3) is 5.69 Å². The van der Waals surface area contributed by atoms with Crippen molar-refractivity contribution in [3.8, 4) is 5.69 Å². The second-order valence-electron chi connectivity index (χ2n) is 5.92. The van der Waals surface area contributed by atoms with Crippen molar-refractivity contribution in [2.45, 2.75) is 24.9 Å². The minimum Gasteiger partial charge on any atom is -0.325 e. The van der Waals surface area contributed by atoms with Crippen LogP contribution < -0.4 is 5.32 Å². The molecule has 0 saturated heterocycles. The molecule has 2 aromatic carbocycles. The van der Waals surface area contributed by atoms with E-state index in [-0.39, 0.29) is 16.9 Å². The normalized spacial score (nSPS) is 11.8. The Morgan fingerprint density at radius 3 is 2.48 bits per heavy atom. The third kappa shape index (κ3) is 4.79. The maximum atomic E-state index is 12.4. The predicted octanol–water partition coefficient (Wildman–Crippen LogP) is 3.13. The fourth-order valence-corrected chi connectivity index (χ4v) is 3.16. The number of carbonyl (C=O) groups is 2. The lowest BCUT2D eigenvalue weighted by atomic mass is 10.1. The number of amides is 1. The smallest absolute Gasteiger partial charge is 0.237 e. The van der Waals surface area contributed by atoms with Gasteiger partial charge in [-0.15, -0.1) is 16.9 Å². The summed E-state index contributed by atoms with van der Waals surface area (Å²) in [6, 6.07) is 16.5. The minimum atomic E-state index is -0.293. The molecule has 0 radical (unpaired) electrons. The number of nitrogens with zero attached hydrogens (tertiary/aromatic N) is 4.